The van der Waals surface area contributed by atoms with Crippen LogP contribution in [0.25, 0.3) is 6.08 Å². The number of non-ortho nitro benzene ring substituents is 1. The lowest BCUT2D eigenvalue weighted by atomic mass is 9.95. The first kappa shape index (κ1) is 26.5. The van der Waals surface area contributed by atoms with Gasteiger partial charge < -0.3 is 14.4 Å². The van der Waals surface area contributed by atoms with Crippen LogP contribution in [0.1, 0.15) is 36.6 Å². The summed E-state index contributed by atoms with van der Waals surface area (Å²) >= 11 is 1.19. The zero-order valence-corrected chi connectivity index (χ0v) is 22.7. The number of morpholine rings is 1. The van der Waals surface area contributed by atoms with Crippen molar-refractivity contribution >= 4 is 34.8 Å². The van der Waals surface area contributed by atoms with Crippen molar-refractivity contribution in [2.75, 3.05) is 37.8 Å². The number of fused-ring (bicyclic) bond motifs is 1. The van der Waals surface area contributed by atoms with Gasteiger partial charge in [-0.15, -0.1) is 0 Å². The fraction of sp³-hybridized carbons (Fsp3) is 0.321. The lowest BCUT2D eigenvalue weighted by Gasteiger charge is -2.30. The molecule has 2 aromatic carbocycles. The highest BCUT2D eigenvalue weighted by molar-refractivity contribution is 7.07. The Bertz CT molecular complexity index is 1650. The Hall–Kier alpha value is -4.09. The molecule has 0 radical (unpaired) electrons. The Kier molecular flexibility index (Phi) is 7.45. The van der Waals surface area contributed by atoms with Crippen LogP contribution in [0.3, 0.4) is 0 Å². The van der Waals surface area contributed by atoms with Gasteiger partial charge in [0.2, 0.25) is 0 Å². The van der Waals surface area contributed by atoms with Gasteiger partial charge in [-0.05, 0) is 38.5 Å². The third-order valence-electron chi connectivity index (χ3n) is 6.77. The Morgan fingerprint density at radius 1 is 1.21 bits per heavy atom. The first-order valence-corrected chi connectivity index (χ1v) is 13.5. The number of anilines is 1. The number of carbonyl (C=O) groups is 1. The number of thiazole rings is 1. The molecule has 0 amide bonds. The zero-order chi connectivity index (χ0) is 27.7. The fourth-order valence-electron chi connectivity index (χ4n) is 4.86. The van der Waals surface area contributed by atoms with Crippen LogP contribution in [0.5, 0.6) is 0 Å². The van der Waals surface area contributed by atoms with E-state index in [-0.39, 0.29) is 17.9 Å². The van der Waals surface area contributed by atoms with E-state index in [0.29, 0.717) is 52.5 Å². The largest absolute Gasteiger partial charge is 0.463 e. The number of ether oxygens (including phenoxy) is 2. The van der Waals surface area contributed by atoms with Crippen LogP contribution in [-0.4, -0.2) is 48.4 Å². The molecule has 1 aromatic heterocycles. The monoisotopic (exact) mass is 548 g/mol. The molecule has 1 fully saturated rings. The quantitative estimate of drug-likeness (QED) is 0.264. The van der Waals surface area contributed by atoms with Crippen LogP contribution in [0.2, 0.25) is 0 Å². The predicted octanol–water partition coefficient (Wildman–Crippen LogP) is 2.85. The van der Waals surface area contributed by atoms with Gasteiger partial charge in [-0.1, -0.05) is 41.2 Å². The molecule has 1 atom stereocenters. The number of aryl methyl sites for hydroxylation is 1. The predicted molar refractivity (Wildman–Crippen MR) is 148 cm³/mol. The van der Waals surface area contributed by atoms with E-state index >= 15 is 0 Å². The number of nitrogens with zero attached hydrogens (tertiary/aromatic N) is 4. The van der Waals surface area contributed by atoms with Crippen molar-refractivity contribution in [1.29, 1.82) is 0 Å². The lowest BCUT2D eigenvalue weighted by molar-refractivity contribution is -0.384. The average molecular weight is 549 g/mol. The highest BCUT2D eigenvalue weighted by Gasteiger charge is 2.33. The van der Waals surface area contributed by atoms with E-state index in [0.717, 1.165) is 16.8 Å². The number of benzene rings is 2. The molecule has 0 N–H and O–H groups in total. The molecule has 11 heteroatoms. The molecular weight excluding hydrogens is 520 g/mol. The van der Waals surface area contributed by atoms with Crippen LogP contribution in [0.15, 0.2) is 63.5 Å². The molecule has 1 unspecified atom stereocenters. The third kappa shape index (κ3) is 5.15. The van der Waals surface area contributed by atoms with Crippen LogP contribution in [-0.2, 0) is 14.3 Å². The zero-order valence-electron chi connectivity index (χ0n) is 21.9. The maximum absolute atomic E-state index is 13.9. The Morgan fingerprint density at radius 2 is 1.92 bits per heavy atom. The van der Waals surface area contributed by atoms with Gasteiger partial charge in [0.1, 0.15) is 0 Å². The minimum atomic E-state index is -0.716. The normalized spacial score (nSPS) is 17.6. The summed E-state index contributed by atoms with van der Waals surface area (Å²) in [6, 6.07) is 11.6. The maximum Gasteiger partial charge on any atom is 0.338 e. The van der Waals surface area contributed by atoms with Gasteiger partial charge in [-0.25, -0.2) is 9.79 Å². The first-order chi connectivity index (χ1) is 18.8. The van der Waals surface area contributed by atoms with E-state index in [2.05, 4.69) is 9.89 Å². The number of rotatable bonds is 6. The standard InChI is InChI=1S/C28H28N4O6S/c1-4-38-27(34)24-18(3)29-28-31(25(24)19-7-5-17(2)6-8-19)26(33)23(39-28)16-20-15-21(32(35)36)9-10-22(20)30-11-13-37-14-12-30/h5-10,15-16,25H,4,11-14H2,1-3H3. The van der Waals surface area contributed by atoms with E-state index < -0.39 is 16.9 Å². The summed E-state index contributed by atoms with van der Waals surface area (Å²) in [7, 11) is 0. The molecule has 0 saturated carbocycles. The molecule has 3 aromatic rings. The lowest BCUT2D eigenvalue weighted by Crippen LogP contribution is -2.40. The third-order valence-corrected chi connectivity index (χ3v) is 7.75. The summed E-state index contributed by atoms with van der Waals surface area (Å²) in [5, 5.41) is 11.6. The van der Waals surface area contributed by atoms with Gasteiger partial charge in [0.05, 0.1) is 46.6 Å². The van der Waals surface area contributed by atoms with Crippen LogP contribution in [0.4, 0.5) is 11.4 Å². The summed E-state index contributed by atoms with van der Waals surface area (Å²) in [5.41, 5.74) is 3.54. The van der Waals surface area contributed by atoms with Crippen LogP contribution < -0.4 is 19.8 Å². The number of nitro benzene ring substituents is 1. The smallest absolute Gasteiger partial charge is 0.338 e. The average Bonchev–Trinajstić information content (AvgIpc) is 3.23. The van der Waals surface area contributed by atoms with Crippen molar-refractivity contribution in [3.8, 4) is 0 Å². The van der Waals surface area contributed by atoms with E-state index in [1.807, 2.05) is 31.2 Å². The Labute approximate surface area is 228 Å². The number of aromatic nitrogens is 1. The fourth-order valence-corrected chi connectivity index (χ4v) is 5.90. The Balaban J connectivity index is 1.71. The van der Waals surface area contributed by atoms with E-state index in [4.69, 9.17) is 9.47 Å². The number of carbonyl (C=O) groups excluding carboxylic acids is 1. The molecule has 202 valence electrons. The van der Waals surface area contributed by atoms with Gasteiger partial charge in [0.25, 0.3) is 11.2 Å². The Morgan fingerprint density at radius 3 is 2.59 bits per heavy atom. The van der Waals surface area contributed by atoms with E-state index in [1.54, 1.807) is 26.0 Å². The van der Waals surface area contributed by atoms with Crippen molar-refractivity contribution in [2.24, 2.45) is 4.99 Å². The molecule has 5 rings (SSSR count). The van der Waals surface area contributed by atoms with Crippen molar-refractivity contribution in [2.45, 2.75) is 26.8 Å². The van der Waals surface area contributed by atoms with Gasteiger partial charge in [0.15, 0.2) is 4.80 Å². The van der Waals surface area contributed by atoms with Gasteiger partial charge in [-0.2, -0.15) is 0 Å². The number of hydrogen-bond donors (Lipinski definition) is 0. The highest BCUT2D eigenvalue weighted by Crippen LogP contribution is 2.31. The molecule has 3 heterocycles. The van der Waals surface area contributed by atoms with Crippen molar-refractivity contribution in [1.82, 2.24) is 4.57 Å². The van der Waals surface area contributed by atoms with Gasteiger partial charge in [-0.3, -0.25) is 19.5 Å². The summed E-state index contributed by atoms with van der Waals surface area (Å²) in [4.78, 5) is 45.3. The second kappa shape index (κ2) is 11.0. The molecule has 2 aliphatic rings. The molecule has 1 saturated heterocycles. The summed E-state index contributed by atoms with van der Waals surface area (Å²) < 4.78 is 12.7. The van der Waals surface area contributed by atoms with E-state index in [9.17, 15) is 19.7 Å². The van der Waals surface area contributed by atoms with Gasteiger partial charge in [0, 0.05) is 36.5 Å². The van der Waals surface area contributed by atoms with Crippen molar-refractivity contribution in [3.05, 3.63) is 100 Å². The highest BCUT2D eigenvalue weighted by atomic mass is 32.1. The summed E-state index contributed by atoms with van der Waals surface area (Å²) in [6.07, 6.45) is 1.68. The molecule has 39 heavy (non-hydrogen) atoms. The van der Waals surface area contributed by atoms with Gasteiger partial charge >= 0.3 is 5.97 Å². The van der Waals surface area contributed by atoms with Crippen molar-refractivity contribution < 1.29 is 19.2 Å². The first-order valence-electron chi connectivity index (χ1n) is 12.7. The second-order valence-corrected chi connectivity index (χ2v) is 10.3. The number of hydrogen-bond acceptors (Lipinski definition) is 9. The number of nitro groups is 1. The molecular formula is C28H28N4O6S. The van der Waals surface area contributed by atoms with Crippen molar-refractivity contribution in [3.63, 3.8) is 0 Å². The minimum Gasteiger partial charge on any atom is -0.463 e. The number of allylic oxidation sites excluding steroid dienone is 1. The minimum absolute atomic E-state index is 0.0657. The van der Waals surface area contributed by atoms with E-state index in [1.165, 1.54) is 28.0 Å². The summed E-state index contributed by atoms with van der Waals surface area (Å²) in [5.74, 6) is -0.521. The van der Waals surface area contributed by atoms with Crippen LogP contribution >= 0.6 is 11.3 Å². The second-order valence-electron chi connectivity index (χ2n) is 9.31. The molecule has 10 nitrogen and oxygen atoms in total. The maximum atomic E-state index is 13.9. The SMILES string of the molecule is CCOC(=O)C1=C(C)N=c2sc(=Cc3cc([N+](=O)[O-])ccc3N3CCOCC3)c(=O)n2C1c1ccc(C)cc1. The van der Waals surface area contributed by atoms with Crippen LogP contribution in [0, 0.1) is 17.0 Å². The topological polar surface area (TPSA) is 116 Å². The summed E-state index contributed by atoms with van der Waals surface area (Å²) in [6.45, 7) is 7.99. The molecule has 0 spiro atoms. The molecule has 0 aliphatic carbocycles. The molecule has 0 bridgehead atoms. The molecule has 2 aliphatic heterocycles. The number of esters is 1.